The maximum Gasteiger partial charge on any atom is 0.317 e. The van der Waals surface area contributed by atoms with Crippen LogP contribution in [-0.2, 0) is 9.53 Å². The molecule has 2 saturated heterocycles. The van der Waals surface area contributed by atoms with Crippen molar-refractivity contribution in [3.8, 4) is 0 Å². The lowest BCUT2D eigenvalue weighted by molar-refractivity contribution is -0.150. The maximum atomic E-state index is 12.1. The molecule has 20 heavy (non-hydrogen) atoms. The van der Waals surface area contributed by atoms with E-state index in [9.17, 15) is 14.7 Å². The van der Waals surface area contributed by atoms with Crippen LogP contribution in [0.3, 0.4) is 0 Å². The quantitative estimate of drug-likeness (QED) is 0.816. The maximum absolute atomic E-state index is 12.1. The van der Waals surface area contributed by atoms with Crippen molar-refractivity contribution in [1.82, 2.24) is 10.2 Å². The highest BCUT2D eigenvalue weighted by Crippen LogP contribution is 2.38. The molecule has 0 aromatic rings. The van der Waals surface area contributed by atoms with E-state index in [2.05, 4.69) is 5.32 Å². The lowest BCUT2D eigenvalue weighted by atomic mass is 9.76. The third-order valence-corrected chi connectivity index (χ3v) is 4.62. The summed E-state index contributed by atoms with van der Waals surface area (Å²) in [5.74, 6) is -0.794. The first-order valence-electron chi connectivity index (χ1n) is 7.33. The molecule has 2 N–H and O–H groups in total. The van der Waals surface area contributed by atoms with Crippen molar-refractivity contribution in [1.29, 1.82) is 0 Å². The molecule has 114 valence electrons. The summed E-state index contributed by atoms with van der Waals surface area (Å²) in [6, 6.07) is -0.177. The van der Waals surface area contributed by atoms with Crippen molar-refractivity contribution < 1.29 is 19.4 Å². The second-order valence-electron chi connectivity index (χ2n) is 6.11. The molecule has 2 fully saturated rings. The molecule has 2 aliphatic rings. The van der Waals surface area contributed by atoms with Gasteiger partial charge >= 0.3 is 12.0 Å². The molecule has 0 saturated carbocycles. The number of aliphatic carboxylic acids is 1. The summed E-state index contributed by atoms with van der Waals surface area (Å²) in [7, 11) is 0. The minimum Gasteiger partial charge on any atom is -0.481 e. The predicted molar refractivity (Wildman–Crippen MR) is 73.5 cm³/mol. The van der Waals surface area contributed by atoms with Crippen molar-refractivity contribution >= 4 is 12.0 Å². The zero-order valence-electron chi connectivity index (χ0n) is 12.2. The SMILES string of the molecule is CC(C)C1(C(=O)O)CCN(C(=O)NCC2CCCO2)C1. The van der Waals surface area contributed by atoms with Gasteiger partial charge < -0.3 is 20.1 Å². The van der Waals surface area contributed by atoms with Crippen molar-refractivity contribution in [2.24, 2.45) is 11.3 Å². The van der Waals surface area contributed by atoms with Crippen LogP contribution in [0.15, 0.2) is 0 Å². The summed E-state index contributed by atoms with van der Waals surface area (Å²) < 4.78 is 5.46. The van der Waals surface area contributed by atoms with Crippen LogP contribution in [0.25, 0.3) is 0 Å². The van der Waals surface area contributed by atoms with Gasteiger partial charge in [0.2, 0.25) is 0 Å². The van der Waals surface area contributed by atoms with E-state index in [1.807, 2.05) is 13.8 Å². The van der Waals surface area contributed by atoms with Gasteiger partial charge in [-0.1, -0.05) is 13.8 Å². The summed E-state index contributed by atoms with van der Waals surface area (Å²) in [6.45, 7) is 5.87. The lowest BCUT2D eigenvalue weighted by Gasteiger charge is -2.28. The van der Waals surface area contributed by atoms with Crippen LogP contribution in [0.2, 0.25) is 0 Å². The molecular weight excluding hydrogens is 260 g/mol. The largest absolute Gasteiger partial charge is 0.481 e. The van der Waals surface area contributed by atoms with E-state index in [1.54, 1.807) is 4.90 Å². The molecule has 2 aliphatic heterocycles. The van der Waals surface area contributed by atoms with Crippen LogP contribution in [0.1, 0.15) is 33.1 Å². The summed E-state index contributed by atoms with van der Waals surface area (Å²) in [5.41, 5.74) is -0.804. The Hall–Kier alpha value is -1.30. The number of amides is 2. The second-order valence-corrected chi connectivity index (χ2v) is 6.11. The average molecular weight is 284 g/mol. The average Bonchev–Trinajstić information content (AvgIpc) is 3.05. The lowest BCUT2D eigenvalue weighted by Crippen LogP contribution is -2.45. The van der Waals surface area contributed by atoms with Gasteiger partial charge in [-0.2, -0.15) is 0 Å². The number of carbonyl (C=O) groups excluding carboxylic acids is 1. The second kappa shape index (κ2) is 5.99. The number of likely N-dealkylation sites (tertiary alicyclic amines) is 1. The Morgan fingerprint density at radius 3 is 2.75 bits per heavy atom. The molecule has 2 rings (SSSR count). The molecule has 2 amide bonds. The molecule has 6 heteroatoms. The summed E-state index contributed by atoms with van der Waals surface area (Å²) in [6.07, 6.45) is 2.65. The third-order valence-electron chi connectivity index (χ3n) is 4.62. The molecule has 2 unspecified atom stereocenters. The number of urea groups is 1. The molecule has 2 heterocycles. The number of hydrogen-bond donors (Lipinski definition) is 2. The van der Waals surface area contributed by atoms with Crippen molar-refractivity contribution in [3.63, 3.8) is 0 Å². The van der Waals surface area contributed by atoms with Crippen LogP contribution in [0, 0.1) is 11.3 Å². The van der Waals surface area contributed by atoms with Crippen LogP contribution in [0.4, 0.5) is 4.79 Å². The van der Waals surface area contributed by atoms with Crippen molar-refractivity contribution in [2.75, 3.05) is 26.2 Å². The van der Waals surface area contributed by atoms with Crippen molar-refractivity contribution in [3.05, 3.63) is 0 Å². The van der Waals surface area contributed by atoms with Gasteiger partial charge in [-0.05, 0) is 25.2 Å². The highest BCUT2D eigenvalue weighted by atomic mass is 16.5. The number of nitrogens with zero attached hydrogens (tertiary/aromatic N) is 1. The normalized spacial score (nSPS) is 29.9. The van der Waals surface area contributed by atoms with Crippen LogP contribution >= 0.6 is 0 Å². The van der Waals surface area contributed by atoms with E-state index in [0.29, 0.717) is 19.5 Å². The van der Waals surface area contributed by atoms with Crippen LogP contribution < -0.4 is 5.32 Å². The number of ether oxygens (including phenoxy) is 1. The number of rotatable bonds is 4. The Balaban J connectivity index is 1.87. The zero-order valence-corrected chi connectivity index (χ0v) is 12.2. The topological polar surface area (TPSA) is 78.9 Å². The molecule has 0 bridgehead atoms. The number of carbonyl (C=O) groups is 2. The van der Waals surface area contributed by atoms with E-state index >= 15 is 0 Å². The summed E-state index contributed by atoms with van der Waals surface area (Å²) >= 11 is 0. The van der Waals surface area contributed by atoms with Crippen LogP contribution in [-0.4, -0.2) is 54.4 Å². The molecular formula is C14H24N2O4. The Morgan fingerprint density at radius 1 is 1.50 bits per heavy atom. The van der Waals surface area contributed by atoms with Gasteiger partial charge in [-0.25, -0.2) is 4.79 Å². The first kappa shape index (κ1) is 15.1. The molecule has 0 radical (unpaired) electrons. The fraction of sp³-hybridized carbons (Fsp3) is 0.857. The van der Waals surface area contributed by atoms with E-state index in [-0.39, 0.29) is 24.6 Å². The zero-order chi connectivity index (χ0) is 14.8. The Bertz CT molecular complexity index is 379. The van der Waals surface area contributed by atoms with Gasteiger partial charge in [0.1, 0.15) is 0 Å². The highest BCUT2D eigenvalue weighted by molar-refractivity contribution is 5.80. The van der Waals surface area contributed by atoms with Gasteiger partial charge in [0.25, 0.3) is 0 Å². The van der Waals surface area contributed by atoms with E-state index in [1.165, 1.54) is 0 Å². The molecule has 2 atom stereocenters. The minimum absolute atomic E-state index is 0.0102. The number of carboxylic acids is 1. The molecule has 0 aliphatic carbocycles. The minimum atomic E-state index is -0.804. The van der Waals surface area contributed by atoms with Gasteiger partial charge in [0.05, 0.1) is 11.5 Å². The smallest absolute Gasteiger partial charge is 0.317 e. The Morgan fingerprint density at radius 2 is 2.25 bits per heavy atom. The highest BCUT2D eigenvalue weighted by Gasteiger charge is 2.48. The Kier molecular flexibility index (Phi) is 4.52. The predicted octanol–water partition coefficient (Wildman–Crippen LogP) is 1.31. The van der Waals surface area contributed by atoms with Gasteiger partial charge in [0.15, 0.2) is 0 Å². The third kappa shape index (κ3) is 2.90. The van der Waals surface area contributed by atoms with Crippen LogP contribution in [0.5, 0.6) is 0 Å². The summed E-state index contributed by atoms with van der Waals surface area (Å²) in [5, 5.41) is 12.3. The Labute approximate surface area is 119 Å². The number of nitrogens with one attached hydrogen (secondary N) is 1. The fourth-order valence-electron chi connectivity index (χ4n) is 3.02. The van der Waals surface area contributed by atoms with Crippen molar-refractivity contribution in [2.45, 2.75) is 39.2 Å². The molecule has 0 spiro atoms. The molecule has 6 nitrogen and oxygen atoms in total. The van der Waals surface area contributed by atoms with E-state index in [4.69, 9.17) is 4.74 Å². The van der Waals surface area contributed by atoms with Gasteiger partial charge in [-0.3, -0.25) is 4.79 Å². The van der Waals surface area contributed by atoms with Gasteiger partial charge in [0, 0.05) is 26.2 Å². The summed E-state index contributed by atoms with van der Waals surface area (Å²) in [4.78, 5) is 25.2. The van der Waals surface area contributed by atoms with Gasteiger partial charge in [-0.15, -0.1) is 0 Å². The number of hydrogen-bond acceptors (Lipinski definition) is 3. The number of carboxylic acid groups (broad SMARTS) is 1. The molecule has 0 aromatic carbocycles. The molecule has 0 aromatic heterocycles. The van der Waals surface area contributed by atoms with E-state index < -0.39 is 11.4 Å². The first-order valence-corrected chi connectivity index (χ1v) is 7.33. The van der Waals surface area contributed by atoms with E-state index in [0.717, 1.165) is 19.4 Å². The fourth-order valence-corrected chi connectivity index (χ4v) is 3.02. The monoisotopic (exact) mass is 284 g/mol. The standard InChI is InChI=1S/C14H24N2O4/c1-10(2)14(12(17)18)5-6-16(9-14)13(19)15-8-11-4-3-7-20-11/h10-11H,3-9H2,1-2H3,(H,15,19)(H,17,18). The first-order chi connectivity index (χ1) is 9.45.